The molecule has 2 aromatic rings. The van der Waals surface area contributed by atoms with Gasteiger partial charge < -0.3 is 4.90 Å². The van der Waals surface area contributed by atoms with Gasteiger partial charge in [-0.05, 0) is 23.1 Å². The predicted octanol–water partition coefficient (Wildman–Crippen LogP) is 3.41. The van der Waals surface area contributed by atoms with E-state index in [9.17, 15) is 4.79 Å². The van der Waals surface area contributed by atoms with Gasteiger partial charge in [0, 0.05) is 23.2 Å². The lowest BCUT2D eigenvalue weighted by atomic mass is 9.87. The molecule has 1 aromatic carbocycles. The summed E-state index contributed by atoms with van der Waals surface area (Å²) in [6, 6.07) is 8.49. The second-order valence-electron chi connectivity index (χ2n) is 6.81. The lowest BCUT2D eigenvalue weighted by Gasteiger charge is -2.19. The first kappa shape index (κ1) is 16.0. The average Bonchev–Trinajstić information content (AvgIpc) is 2.96. The molecule has 1 aromatic heterocycles. The molecular weight excluding hydrogens is 306 g/mol. The molecule has 1 amide bonds. The van der Waals surface area contributed by atoms with Gasteiger partial charge in [-0.1, -0.05) is 32.9 Å². The summed E-state index contributed by atoms with van der Waals surface area (Å²) >= 11 is 1.59. The van der Waals surface area contributed by atoms with E-state index in [-0.39, 0.29) is 11.3 Å². The second kappa shape index (κ2) is 6.32. The van der Waals surface area contributed by atoms with Crippen LogP contribution in [0.4, 0.5) is 0 Å². The number of thioether (sulfide) groups is 1. The highest BCUT2D eigenvalue weighted by molar-refractivity contribution is 8.00. The average molecular weight is 327 g/mol. The van der Waals surface area contributed by atoms with Crippen LogP contribution in [0.5, 0.6) is 0 Å². The van der Waals surface area contributed by atoms with Crippen LogP contribution in [0, 0.1) is 0 Å². The molecule has 3 rings (SSSR count). The van der Waals surface area contributed by atoms with Gasteiger partial charge in [-0.15, -0.1) is 11.8 Å². The Kier molecular flexibility index (Phi) is 4.39. The Hall–Kier alpha value is -1.88. The minimum atomic E-state index is 0.146. The van der Waals surface area contributed by atoms with Crippen LogP contribution in [0.15, 0.2) is 41.7 Å². The summed E-state index contributed by atoms with van der Waals surface area (Å²) in [5.74, 6) is 0.601. The molecule has 0 bridgehead atoms. The lowest BCUT2D eigenvalue weighted by Crippen LogP contribution is -2.27. The number of nitrogens with zero attached hydrogens (tertiary/aromatic N) is 3. The minimum absolute atomic E-state index is 0.146. The van der Waals surface area contributed by atoms with Crippen LogP contribution in [0.1, 0.15) is 37.6 Å². The molecule has 0 atom stereocenters. The molecule has 1 aliphatic rings. The van der Waals surface area contributed by atoms with Gasteiger partial charge in [0.1, 0.15) is 6.33 Å². The van der Waals surface area contributed by atoms with Gasteiger partial charge >= 0.3 is 0 Å². The summed E-state index contributed by atoms with van der Waals surface area (Å²) < 4.78 is 0. The molecule has 0 saturated carbocycles. The molecule has 1 aliphatic heterocycles. The van der Waals surface area contributed by atoms with Crippen molar-refractivity contribution in [3.63, 3.8) is 0 Å². The topological polar surface area (TPSA) is 46.1 Å². The maximum atomic E-state index is 12.4. The molecule has 0 aliphatic carbocycles. The van der Waals surface area contributed by atoms with Gasteiger partial charge in [-0.3, -0.25) is 4.79 Å². The number of aromatic nitrogens is 2. The van der Waals surface area contributed by atoms with E-state index in [0.29, 0.717) is 18.8 Å². The number of hydrogen-bond donors (Lipinski definition) is 0. The first-order valence-corrected chi connectivity index (χ1v) is 8.71. The van der Waals surface area contributed by atoms with Crippen molar-refractivity contribution in [2.45, 2.75) is 44.2 Å². The normalized spacial score (nSPS) is 14.0. The van der Waals surface area contributed by atoms with E-state index in [1.165, 1.54) is 5.56 Å². The maximum Gasteiger partial charge on any atom is 0.233 e. The largest absolute Gasteiger partial charge is 0.332 e. The van der Waals surface area contributed by atoms with Crippen LogP contribution in [-0.4, -0.2) is 26.5 Å². The van der Waals surface area contributed by atoms with Crippen LogP contribution in [-0.2, 0) is 23.3 Å². The summed E-state index contributed by atoms with van der Waals surface area (Å²) in [5.41, 5.74) is 3.48. The van der Waals surface area contributed by atoms with Crippen molar-refractivity contribution in [3.8, 4) is 0 Å². The van der Waals surface area contributed by atoms with Gasteiger partial charge in [-0.2, -0.15) is 0 Å². The van der Waals surface area contributed by atoms with Crippen LogP contribution < -0.4 is 0 Å². The van der Waals surface area contributed by atoms with E-state index >= 15 is 0 Å². The molecular formula is C18H21N3OS. The van der Waals surface area contributed by atoms with Gasteiger partial charge in [0.25, 0.3) is 0 Å². The number of rotatable bonds is 3. The van der Waals surface area contributed by atoms with Crippen LogP contribution in [0.25, 0.3) is 0 Å². The zero-order valence-corrected chi connectivity index (χ0v) is 14.6. The molecule has 0 fully saturated rings. The third-order valence-electron chi connectivity index (χ3n) is 4.02. The molecule has 0 spiro atoms. The molecule has 2 heterocycles. The van der Waals surface area contributed by atoms with E-state index in [4.69, 9.17) is 0 Å². The van der Waals surface area contributed by atoms with Crippen LogP contribution in [0.3, 0.4) is 0 Å². The van der Waals surface area contributed by atoms with Crippen molar-refractivity contribution < 1.29 is 4.79 Å². The molecule has 0 N–H and O–H groups in total. The molecule has 0 saturated heterocycles. The van der Waals surface area contributed by atoms with E-state index in [0.717, 1.165) is 16.2 Å². The van der Waals surface area contributed by atoms with E-state index in [2.05, 4.69) is 55.0 Å². The number of benzene rings is 1. The van der Waals surface area contributed by atoms with Gasteiger partial charge in [0.2, 0.25) is 5.91 Å². The highest BCUT2D eigenvalue weighted by Gasteiger charge is 2.24. The van der Waals surface area contributed by atoms with Crippen molar-refractivity contribution in [2.75, 3.05) is 5.75 Å². The Morgan fingerprint density at radius 1 is 1.22 bits per heavy atom. The van der Waals surface area contributed by atoms with Gasteiger partial charge in [0.15, 0.2) is 0 Å². The predicted molar refractivity (Wildman–Crippen MR) is 92.2 cm³/mol. The fourth-order valence-electron chi connectivity index (χ4n) is 2.56. The highest BCUT2D eigenvalue weighted by atomic mass is 32.2. The fraction of sp³-hybridized carbons (Fsp3) is 0.389. The van der Waals surface area contributed by atoms with Crippen LogP contribution in [0.2, 0.25) is 0 Å². The Bertz CT molecular complexity index is 682. The lowest BCUT2D eigenvalue weighted by molar-refractivity contribution is -0.128. The third kappa shape index (κ3) is 3.72. The maximum absolute atomic E-state index is 12.4. The molecule has 120 valence electrons. The van der Waals surface area contributed by atoms with Crippen LogP contribution >= 0.6 is 11.8 Å². The van der Waals surface area contributed by atoms with E-state index in [1.54, 1.807) is 24.3 Å². The Balaban J connectivity index is 1.56. The van der Waals surface area contributed by atoms with E-state index in [1.807, 2.05) is 4.90 Å². The van der Waals surface area contributed by atoms with Crippen molar-refractivity contribution in [2.24, 2.45) is 0 Å². The quantitative estimate of drug-likeness (QED) is 0.811. The zero-order valence-electron chi connectivity index (χ0n) is 13.7. The summed E-state index contributed by atoms with van der Waals surface area (Å²) in [7, 11) is 0. The third-order valence-corrected chi connectivity index (χ3v) is 5.02. The highest BCUT2D eigenvalue weighted by Crippen LogP contribution is 2.26. The first-order valence-electron chi connectivity index (χ1n) is 7.72. The molecule has 4 nitrogen and oxygen atoms in total. The summed E-state index contributed by atoms with van der Waals surface area (Å²) in [6.07, 6.45) is 3.34. The Morgan fingerprint density at radius 3 is 2.61 bits per heavy atom. The number of carbonyl (C=O) groups excluding carboxylic acids is 1. The van der Waals surface area contributed by atoms with Gasteiger partial charge in [0.05, 0.1) is 18.0 Å². The Morgan fingerprint density at radius 2 is 1.96 bits per heavy atom. The van der Waals surface area contributed by atoms with Crippen molar-refractivity contribution in [1.29, 1.82) is 0 Å². The first-order chi connectivity index (χ1) is 10.9. The van der Waals surface area contributed by atoms with E-state index < -0.39 is 0 Å². The summed E-state index contributed by atoms with van der Waals surface area (Å²) in [5, 5.41) is 0. The number of hydrogen-bond acceptors (Lipinski definition) is 4. The second-order valence-corrected chi connectivity index (χ2v) is 7.86. The molecule has 5 heteroatoms. The smallest absolute Gasteiger partial charge is 0.233 e. The summed E-state index contributed by atoms with van der Waals surface area (Å²) in [4.78, 5) is 23.6. The Labute approximate surface area is 141 Å². The molecule has 0 unspecified atom stereocenters. The summed E-state index contributed by atoms with van der Waals surface area (Å²) in [6.45, 7) is 7.82. The SMILES string of the molecule is CC(C)(C)c1ccc(SCC(=O)N2Cc3cncnc3C2)cc1. The monoisotopic (exact) mass is 327 g/mol. The van der Waals surface area contributed by atoms with Gasteiger partial charge in [-0.25, -0.2) is 9.97 Å². The molecule has 23 heavy (non-hydrogen) atoms. The minimum Gasteiger partial charge on any atom is -0.332 e. The fourth-order valence-corrected chi connectivity index (χ4v) is 3.37. The molecule has 0 radical (unpaired) electrons. The number of fused-ring (bicyclic) bond motifs is 1. The number of carbonyl (C=O) groups is 1. The van der Waals surface area contributed by atoms with Crippen molar-refractivity contribution in [3.05, 3.63) is 53.6 Å². The standard InChI is InChI=1S/C18H21N3OS/c1-18(2,3)14-4-6-15(7-5-14)23-11-17(22)21-9-13-8-19-12-20-16(13)10-21/h4-8,12H,9-11H2,1-3H3. The van der Waals surface area contributed by atoms with Crippen molar-refractivity contribution in [1.82, 2.24) is 14.9 Å². The zero-order chi connectivity index (χ0) is 16.4. The number of amides is 1. The van der Waals surface area contributed by atoms with Crippen molar-refractivity contribution >= 4 is 17.7 Å².